The molecule has 0 saturated carbocycles. The zero-order chi connectivity index (χ0) is 39.5. The Balaban J connectivity index is 0.000000236. The minimum atomic E-state index is -0.667. The Morgan fingerprint density at radius 1 is 0.660 bits per heavy atom. The summed E-state index contributed by atoms with van der Waals surface area (Å²) in [4.78, 5) is 23.3. The first-order valence-corrected chi connectivity index (χ1v) is 17.0. The van der Waals surface area contributed by atoms with Crippen LogP contribution < -0.4 is 31.3 Å². The highest BCUT2D eigenvalue weighted by molar-refractivity contribution is 8.00. The SMILES string of the molecule is Cc1occc(=O)c1OCc1ccc(B2OC(C)(C)C(C)(C)O2)cc1.Cc1occc(=O)c1OCc1ccc(BO)cc1.[B]B([B])B(B([B])[B])B([B])[B]. The molecule has 12 radical (unpaired) electrons. The van der Waals surface area contributed by atoms with E-state index < -0.39 is 25.5 Å². The monoisotopic (exact) mass is 696 g/mol. The summed E-state index contributed by atoms with van der Waals surface area (Å²) in [5.41, 5.74) is 2.57. The third-order valence-corrected chi connectivity index (χ3v) is 8.83. The van der Waals surface area contributed by atoms with Crippen molar-refractivity contribution in [3.8, 4) is 11.5 Å². The third-order valence-electron chi connectivity index (χ3n) is 8.83. The van der Waals surface area contributed by atoms with E-state index in [1.807, 2.05) is 76.2 Å². The molecule has 1 aliphatic heterocycles. The van der Waals surface area contributed by atoms with Crippen molar-refractivity contribution in [3.05, 3.63) is 116 Å². The highest BCUT2D eigenvalue weighted by Crippen LogP contribution is 2.36. The lowest BCUT2D eigenvalue weighted by atomic mass is 8.58. The fraction of sp³-hybridized carbons (Fsp3) is 0.312. The molecule has 0 bridgehead atoms. The Bertz CT molecular complexity index is 1820. The molecule has 2 aromatic carbocycles. The summed E-state index contributed by atoms with van der Waals surface area (Å²) in [5.74, 6) is 1.43. The zero-order valence-corrected chi connectivity index (χ0v) is 31.1. The van der Waals surface area contributed by atoms with Crippen molar-refractivity contribution in [1.82, 2.24) is 0 Å². The van der Waals surface area contributed by atoms with E-state index in [0.29, 0.717) is 24.7 Å². The topological polar surface area (TPSA) is 118 Å². The van der Waals surface area contributed by atoms with E-state index in [-0.39, 0.29) is 48.2 Å². The normalized spacial score (nSPS) is 13.7. The Kier molecular flexibility index (Phi) is 16.4. The van der Waals surface area contributed by atoms with Gasteiger partial charge in [-0.2, -0.15) is 0 Å². The van der Waals surface area contributed by atoms with Crippen LogP contribution in [0.2, 0.25) is 0 Å². The third kappa shape index (κ3) is 12.6. The number of rotatable bonds is 11. The lowest BCUT2D eigenvalue weighted by molar-refractivity contribution is 0.00578. The van der Waals surface area contributed by atoms with E-state index in [1.165, 1.54) is 24.7 Å². The average Bonchev–Trinajstić information content (AvgIpc) is 3.30. The molecule has 0 aliphatic carbocycles. The molecular formula is C32H36B12O9. The number of aryl methyl sites for hydroxylation is 2. The molecule has 3 heterocycles. The van der Waals surface area contributed by atoms with Gasteiger partial charge in [-0.25, -0.2) is 0 Å². The summed E-state index contributed by atoms with van der Waals surface area (Å²) in [6.45, 7) is 12.1. The molecule has 1 N–H and O–H groups in total. The van der Waals surface area contributed by atoms with Gasteiger partial charge in [0.25, 0.3) is 0 Å². The largest absolute Gasteiger partial charge is 0.494 e. The van der Waals surface area contributed by atoms with Crippen LogP contribution >= 0.6 is 0 Å². The fourth-order valence-electron chi connectivity index (χ4n) is 4.92. The van der Waals surface area contributed by atoms with Crippen molar-refractivity contribution < 1.29 is 32.6 Å². The van der Waals surface area contributed by atoms with Gasteiger partial charge in [-0.1, -0.05) is 54.0 Å². The molecule has 53 heavy (non-hydrogen) atoms. The highest BCUT2D eigenvalue weighted by Gasteiger charge is 2.51. The van der Waals surface area contributed by atoms with Crippen molar-refractivity contribution in [2.75, 3.05) is 0 Å². The Hall–Kier alpha value is -3.40. The molecule has 21 heteroatoms. The van der Waals surface area contributed by atoms with Gasteiger partial charge in [-0.15, -0.1) is 0 Å². The van der Waals surface area contributed by atoms with Crippen LogP contribution in [0.1, 0.15) is 50.3 Å². The molecular weight excluding hydrogens is 658 g/mol. The van der Waals surface area contributed by atoms with Gasteiger partial charge in [0.15, 0.2) is 0 Å². The van der Waals surface area contributed by atoms with Crippen LogP contribution in [0.25, 0.3) is 0 Å². The summed E-state index contributed by atoms with van der Waals surface area (Å²) in [6, 6.07) is 17.8. The number of hydrogen-bond donors (Lipinski definition) is 1. The predicted octanol–water partition coefficient (Wildman–Crippen LogP) is -0.485. The van der Waals surface area contributed by atoms with Crippen molar-refractivity contribution in [3.63, 3.8) is 0 Å². The molecule has 2 aromatic heterocycles. The predicted molar refractivity (Wildman–Crippen MR) is 223 cm³/mol. The second kappa shape index (κ2) is 19.8. The van der Waals surface area contributed by atoms with Crippen LogP contribution in [-0.2, 0) is 22.5 Å². The Labute approximate surface area is 322 Å². The lowest BCUT2D eigenvalue weighted by Gasteiger charge is -2.32. The van der Waals surface area contributed by atoms with Gasteiger partial charge < -0.3 is 32.6 Å². The second-order valence-electron chi connectivity index (χ2n) is 13.5. The summed E-state index contributed by atoms with van der Waals surface area (Å²) >= 11 is 0. The van der Waals surface area contributed by atoms with Crippen molar-refractivity contribution in [2.24, 2.45) is 0 Å². The minimum Gasteiger partial charge on any atom is -0.482 e. The van der Waals surface area contributed by atoms with Crippen LogP contribution in [0.3, 0.4) is 0 Å². The quantitative estimate of drug-likeness (QED) is 0.208. The molecule has 1 fully saturated rings. The Morgan fingerprint density at radius 2 is 1.04 bits per heavy atom. The molecule has 254 valence electrons. The lowest BCUT2D eigenvalue weighted by Crippen LogP contribution is -2.62. The second-order valence-corrected chi connectivity index (χ2v) is 13.5. The smallest absolute Gasteiger partial charge is 0.482 e. The molecule has 0 unspecified atom stereocenters. The van der Waals surface area contributed by atoms with E-state index in [1.54, 1.807) is 13.8 Å². The van der Waals surface area contributed by atoms with Crippen molar-refractivity contribution >= 4 is 97.5 Å². The van der Waals surface area contributed by atoms with Crippen LogP contribution in [0.5, 0.6) is 11.5 Å². The van der Waals surface area contributed by atoms with Gasteiger partial charge in [0, 0.05) is 84.1 Å². The van der Waals surface area contributed by atoms with Gasteiger partial charge >= 0.3 is 14.6 Å². The van der Waals surface area contributed by atoms with Crippen molar-refractivity contribution in [1.29, 1.82) is 0 Å². The van der Waals surface area contributed by atoms with Crippen LogP contribution in [-0.4, -0.2) is 103 Å². The highest BCUT2D eigenvalue weighted by atomic mass is 16.7. The van der Waals surface area contributed by atoms with Gasteiger partial charge in [0.1, 0.15) is 24.7 Å². The van der Waals surface area contributed by atoms with Crippen LogP contribution in [0, 0.1) is 13.8 Å². The summed E-state index contributed by atoms with van der Waals surface area (Å²) in [5, 5.41) is 8.92. The first kappa shape index (κ1) is 44.0. The molecule has 1 aliphatic rings. The molecule has 9 nitrogen and oxygen atoms in total. The summed E-state index contributed by atoms with van der Waals surface area (Å²) in [7, 11) is 31.4. The first-order chi connectivity index (χ1) is 24.9. The molecule has 0 atom stereocenters. The standard InChI is InChI=1S/C19H23BO5.C13H13BO4.B10/c1-13-17(16(21)10-11-22-13)23-12-14-6-8-15(9-7-14)20-24-18(2,3)19(4,5)25-20;1-9-13(12(15)6-7-17-9)18-8-10-2-4-11(14-16)5-3-10;1-7(2)10(8(3)4)9(5)6/h6-11H,12H2,1-5H3;2-7,14,16H,8H2,1H3;. The number of hydrogen-bond acceptors (Lipinski definition) is 9. The molecule has 0 spiro atoms. The maximum Gasteiger partial charge on any atom is 0.494 e. The number of ether oxygens (including phenoxy) is 2. The van der Waals surface area contributed by atoms with E-state index in [4.69, 9.17) is 79.1 Å². The minimum absolute atomic E-state index is 0.0164. The average molecular weight is 694 g/mol. The summed E-state index contributed by atoms with van der Waals surface area (Å²) in [6.07, 6.45) is 0.268. The summed E-state index contributed by atoms with van der Waals surface area (Å²) < 4.78 is 33.5. The fourth-order valence-corrected chi connectivity index (χ4v) is 4.92. The van der Waals surface area contributed by atoms with E-state index in [2.05, 4.69) is 0 Å². The molecule has 4 aromatic rings. The van der Waals surface area contributed by atoms with E-state index in [0.717, 1.165) is 22.1 Å². The molecule has 0 amide bonds. The zero-order valence-electron chi connectivity index (χ0n) is 31.1. The Morgan fingerprint density at radius 3 is 1.36 bits per heavy atom. The first-order valence-electron chi connectivity index (χ1n) is 17.0. The van der Waals surface area contributed by atoms with E-state index >= 15 is 0 Å². The van der Waals surface area contributed by atoms with Crippen LogP contribution in [0.15, 0.2) is 91.6 Å². The van der Waals surface area contributed by atoms with Gasteiger partial charge in [-0.05, 0) is 58.1 Å². The van der Waals surface area contributed by atoms with Gasteiger partial charge in [0.05, 0.1) is 23.7 Å². The van der Waals surface area contributed by atoms with E-state index in [9.17, 15) is 9.59 Å². The molecule has 1 saturated heterocycles. The van der Waals surface area contributed by atoms with Gasteiger partial charge in [0.2, 0.25) is 22.4 Å². The van der Waals surface area contributed by atoms with Gasteiger partial charge in [-0.3, -0.25) is 9.59 Å². The van der Waals surface area contributed by atoms with Crippen LogP contribution in [0.4, 0.5) is 0 Å². The molecule has 5 rings (SSSR count). The maximum atomic E-state index is 11.8. The number of benzene rings is 2. The maximum absolute atomic E-state index is 11.8. The van der Waals surface area contributed by atoms with Crippen molar-refractivity contribution in [2.45, 2.75) is 66.0 Å².